The number of hydrogen-bond donors (Lipinski definition) is 1. The number of sulfonamides is 1. The van der Waals surface area contributed by atoms with Crippen LogP contribution in [0.2, 0.25) is 0 Å². The normalized spacial score (nSPS) is 15.0. The Balaban J connectivity index is 1.44. The number of aromatic nitrogens is 1. The molecular weight excluding hydrogens is 454 g/mol. The van der Waals surface area contributed by atoms with Gasteiger partial charge in [0.2, 0.25) is 10.0 Å². The molecule has 0 saturated heterocycles. The van der Waals surface area contributed by atoms with Gasteiger partial charge >= 0.3 is 0 Å². The third-order valence-electron chi connectivity index (χ3n) is 6.41. The Labute approximate surface area is 199 Å². The second-order valence-corrected chi connectivity index (χ2v) is 11.5. The van der Waals surface area contributed by atoms with Gasteiger partial charge in [-0.3, -0.25) is 10.1 Å². The van der Waals surface area contributed by atoms with Crippen molar-refractivity contribution in [3.63, 3.8) is 0 Å². The van der Waals surface area contributed by atoms with Crippen molar-refractivity contribution >= 4 is 32.4 Å². The Bertz CT molecular complexity index is 1240. The number of carbonyl (C=O) groups excluding carboxylic acids is 1. The van der Waals surface area contributed by atoms with Crippen molar-refractivity contribution < 1.29 is 13.2 Å². The Morgan fingerprint density at radius 3 is 2.39 bits per heavy atom. The number of carbonyl (C=O) groups is 1. The summed E-state index contributed by atoms with van der Waals surface area (Å²) in [4.78, 5) is 17.4. The van der Waals surface area contributed by atoms with Gasteiger partial charge in [0.25, 0.3) is 5.91 Å². The van der Waals surface area contributed by atoms with Crippen molar-refractivity contribution in [2.75, 3.05) is 12.4 Å². The second-order valence-electron chi connectivity index (χ2n) is 8.63. The standard InChI is InChI=1S/C25H29N3O3S2/c1-17-9-10-20(15-18(17)2)23-16-32-25(26-23)27-24(29)19-11-13-22(14-12-19)33(30,31)28(3)21-7-5-4-6-8-21/h9-16,21H,4-8H2,1-3H3,(H,26,27,29). The van der Waals surface area contributed by atoms with E-state index in [1.165, 1.54) is 45.3 Å². The van der Waals surface area contributed by atoms with Gasteiger partial charge in [-0.1, -0.05) is 31.4 Å². The molecule has 1 saturated carbocycles. The Kier molecular flexibility index (Phi) is 6.97. The molecule has 0 bridgehead atoms. The maximum Gasteiger partial charge on any atom is 0.257 e. The molecule has 8 heteroatoms. The lowest BCUT2D eigenvalue weighted by atomic mass is 9.96. The van der Waals surface area contributed by atoms with Gasteiger partial charge in [-0.25, -0.2) is 13.4 Å². The molecule has 4 rings (SSSR count). The molecule has 1 amide bonds. The SMILES string of the molecule is Cc1ccc(-c2csc(NC(=O)c3ccc(S(=O)(=O)N(C)C4CCCCC4)cc3)n2)cc1C. The number of aryl methyl sites for hydroxylation is 2. The molecule has 1 aliphatic rings. The van der Waals surface area contributed by atoms with E-state index in [4.69, 9.17) is 0 Å². The zero-order valence-corrected chi connectivity index (χ0v) is 20.8. The number of nitrogens with one attached hydrogen (secondary N) is 1. The van der Waals surface area contributed by atoms with Gasteiger partial charge in [-0.15, -0.1) is 11.3 Å². The van der Waals surface area contributed by atoms with E-state index in [0.717, 1.165) is 36.9 Å². The van der Waals surface area contributed by atoms with E-state index in [1.807, 2.05) is 11.4 Å². The third kappa shape index (κ3) is 5.18. The minimum absolute atomic E-state index is 0.0446. The first-order valence-electron chi connectivity index (χ1n) is 11.2. The fourth-order valence-corrected chi connectivity index (χ4v) is 6.25. The first kappa shape index (κ1) is 23.6. The predicted octanol–water partition coefficient (Wildman–Crippen LogP) is 5.63. The van der Waals surface area contributed by atoms with E-state index in [1.54, 1.807) is 19.2 Å². The van der Waals surface area contributed by atoms with Gasteiger partial charge < -0.3 is 0 Å². The second kappa shape index (κ2) is 9.75. The van der Waals surface area contributed by atoms with Gasteiger partial charge in [0.15, 0.2) is 5.13 Å². The number of rotatable bonds is 6. The van der Waals surface area contributed by atoms with Crippen LogP contribution in [0.1, 0.15) is 53.6 Å². The van der Waals surface area contributed by atoms with Crippen molar-refractivity contribution in [3.05, 3.63) is 64.5 Å². The smallest absolute Gasteiger partial charge is 0.257 e. The predicted molar refractivity (Wildman–Crippen MR) is 133 cm³/mol. The van der Waals surface area contributed by atoms with E-state index in [9.17, 15) is 13.2 Å². The maximum atomic E-state index is 13.0. The Hall–Kier alpha value is -2.55. The summed E-state index contributed by atoms with van der Waals surface area (Å²) in [7, 11) is -1.93. The van der Waals surface area contributed by atoms with Crippen LogP contribution in [0, 0.1) is 13.8 Å². The molecule has 1 fully saturated rings. The molecule has 1 aromatic heterocycles. The summed E-state index contributed by atoms with van der Waals surface area (Å²) in [6.07, 6.45) is 5.08. The fraction of sp³-hybridized carbons (Fsp3) is 0.360. The largest absolute Gasteiger partial charge is 0.298 e. The highest BCUT2D eigenvalue weighted by Gasteiger charge is 2.29. The summed E-state index contributed by atoms with van der Waals surface area (Å²) < 4.78 is 27.5. The van der Waals surface area contributed by atoms with Gasteiger partial charge in [-0.2, -0.15) is 4.31 Å². The highest BCUT2D eigenvalue weighted by atomic mass is 32.2. The number of hydrogen-bond acceptors (Lipinski definition) is 5. The van der Waals surface area contributed by atoms with Crippen LogP contribution in [0.15, 0.2) is 52.7 Å². The van der Waals surface area contributed by atoms with Crippen LogP contribution < -0.4 is 5.32 Å². The maximum absolute atomic E-state index is 13.0. The van der Waals surface area contributed by atoms with Gasteiger partial charge in [0.05, 0.1) is 10.6 Å². The van der Waals surface area contributed by atoms with Crippen molar-refractivity contribution in [1.29, 1.82) is 0 Å². The van der Waals surface area contributed by atoms with Crippen molar-refractivity contribution in [3.8, 4) is 11.3 Å². The highest BCUT2D eigenvalue weighted by molar-refractivity contribution is 7.89. The Morgan fingerprint density at radius 2 is 1.73 bits per heavy atom. The molecule has 174 valence electrons. The molecule has 0 radical (unpaired) electrons. The first-order chi connectivity index (χ1) is 15.8. The van der Waals surface area contributed by atoms with Crippen LogP contribution in [0.5, 0.6) is 0 Å². The molecule has 6 nitrogen and oxygen atoms in total. The topological polar surface area (TPSA) is 79.4 Å². The van der Waals surface area contributed by atoms with Gasteiger partial charge in [0.1, 0.15) is 0 Å². The zero-order chi connectivity index (χ0) is 23.6. The van der Waals surface area contributed by atoms with Gasteiger partial charge in [0, 0.05) is 29.6 Å². The molecule has 0 unspecified atom stereocenters. The first-order valence-corrected chi connectivity index (χ1v) is 13.5. The minimum atomic E-state index is -3.58. The minimum Gasteiger partial charge on any atom is -0.298 e. The summed E-state index contributed by atoms with van der Waals surface area (Å²) in [6, 6.07) is 12.3. The summed E-state index contributed by atoms with van der Waals surface area (Å²) in [6.45, 7) is 4.13. The number of amides is 1. The van der Waals surface area contributed by atoms with E-state index in [2.05, 4.69) is 36.3 Å². The van der Waals surface area contributed by atoms with Crippen molar-refractivity contribution in [2.45, 2.75) is 56.9 Å². The van der Waals surface area contributed by atoms with Crippen molar-refractivity contribution in [1.82, 2.24) is 9.29 Å². The van der Waals surface area contributed by atoms with E-state index in [-0.39, 0.29) is 16.8 Å². The molecule has 0 spiro atoms. The van der Waals surface area contributed by atoms with Crippen LogP contribution >= 0.6 is 11.3 Å². The number of nitrogens with zero attached hydrogens (tertiary/aromatic N) is 2. The monoisotopic (exact) mass is 483 g/mol. The van der Waals surface area contributed by atoms with Crippen LogP contribution in [0.4, 0.5) is 5.13 Å². The van der Waals surface area contributed by atoms with Crippen LogP contribution in [-0.2, 0) is 10.0 Å². The fourth-order valence-electron chi connectivity index (χ4n) is 4.12. The quantitative estimate of drug-likeness (QED) is 0.493. The number of benzene rings is 2. The molecule has 1 N–H and O–H groups in total. The molecule has 1 heterocycles. The third-order valence-corrected chi connectivity index (χ3v) is 9.09. The van der Waals surface area contributed by atoms with Crippen molar-refractivity contribution in [2.24, 2.45) is 0 Å². The average molecular weight is 484 g/mol. The molecule has 33 heavy (non-hydrogen) atoms. The van der Waals surface area contributed by atoms with E-state index in [0.29, 0.717) is 10.7 Å². The number of thiazole rings is 1. The van der Waals surface area contributed by atoms with Crippen LogP contribution in [0.3, 0.4) is 0 Å². The van der Waals surface area contributed by atoms with Crippen LogP contribution in [-0.4, -0.2) is 36.7 Å². The zero-order valence-electron chi connectivity index (χ0n) is 19.2. The Morgan fingerprint density at radius 1 is 1.03 bits per heavy atom. The molecular formula is C25H29N3O3S2. The van der Waals surface area contributed by atoms with Crippen LogP contribution in [0.25, 0.3) is 11.3 Å². The summed E-state index contributed by atoms with van der Waals surface area (Å²) >= 11 is 1.36. The molecule has 3 aromatic rings. The molecule has 1 aliphatic carbocycles. The number of anilines is 1. The van der Waals surface area contributed by atoms with E-state index >= 15 is 0 Å². The lowest BCUT2D eigenvalue weighted by molar-refractivity contribution is 0.102. The summed E-state index contributed by atoms with van der Waals surface area (Å²) in [5, 5.41) is 5.23. The lowest BCUT2D eigenvalue weighted by Crippen LogP contribution is -2.38. The molecule has 0 aliphatic heterocycles. The molecule has 0 atom stereocenters. The lowest BCUT2D eigenvalue weighted by Gasteiger charge is -2.30. The molecule has 2 aromatic carbocycles. The average Bonchev–Trinajstić information content (AvgIpc) is 3.29. The van der Waals surface area contributed by atoms with E-state index < -0.39 is 10.0 Å². The summed E-state index contributed by atoms with van der Waals surface area (Å²) in [5.74, 6) is -0.319. The highest BCUT2D eigenvalue weighted by Crippen LogP contribution is 2.28. The van der Waals surface area contributed by atoms with Gasteiger partial charge in [-0.05, 0) is 68.1 Å². The summed E-state index contributed by atoms with van der Waals surface area (Å²) in [5.41, 5.74) is 4.61.